The van der Waals surface area contributed by atoms with Crippen LogP contribution in [0.25, 0.3) is 0 Å². The van der Waals surface area contributed by atoms with Crippen LogP contribution in [0.15, 0.2) is 40.9 Å². The number of benzene rings is 1. The van der Waals surface area contributed by atoms with Crippen molar-refractivity contribution in [1.82, 2.24) is 10.2 Å². The number of likely N-dealkylation sites (tertiary alicyclic amines) is 1. The molecule has 1 aromatic carbocycles. The Balaban J connectivity index is 1.69. The topological polar surface area (TPSA) is 125 Å². The summed E-state index contributed by atoms with van der Waals surface area (Å²) in [5.41, 5.74) is -0.260. The Labute approximate surface area is 270 Å². The number of hydrogen-bond acceptors (Lipinski definition) is 7. The molecule has 2 N–H and O–H groups in total. The van der Waals surface area contributed by atoms with Crippen LogP contribution in [0.3, 0.4) is 0 Å². The molecule has 0 saturated carbocycles. The van der Waals surface area contributed by atoms with Crippen molar-refractivity contribution in [2.24, 2.45) is 17.8 Å². The molecule has 12 heteroatoms. The van der Waals surface area contributed by atoms with E-state index < -0.39 is 59.5 Å². The van der Waals surface area contributed by atoms with Gasteiger partial charge in [-0.05, 0) is 50.3 Å². The molecule has 7 atom stereocenters. The summed E-state index contributed by atoms with van der Waals surface area (Å²) in [6, 6.07) is 3.44. The number of aryl methyl sites for hydroxylation is 1. The van der Waals surface area contributed by atoms with Crippen LogP contribution in [0, 0.1) is 24.7 Å². The normalized spacial score (nSPS) is 32.5. The third-order valence-electron chi connectivity index (χ3n) is 8.84. The Hall–Kier alpha value is -2.73. The van der Waals surface area contributed by atoms with Crippen LogP contribution in [0.1, 0.15) is 45.6 Å². The summed E-state index contributed by atoms with van der Waals surface area (Å²) < 4.78 is 12.9. The second-order valence-electron chi connectivity index (χ2n) is 12.5. The number of aliphatic hydroxyl groups is 1. The van der Waals surface area contributed by atoms with Crippen molar-refractivity contribution >= 4 is 56.9 Å². The van der Waals surface area contributed by atoms with Gasteiger partial charge in [-0.1, -0.05) is 65.7 Å². The van der Waals surface area contributed by atoms with Crippen LogP contribution in [-0.4, -0.2) is 83.3 Å². The van der Waals surface area contributed by atoms with E-state index in [0.29, 0.717) is 28.0 Å². The third-order valence-corrected chi connectivity index (χ3v) is 9.82. The molecule has 10 nitrogen and oxygen atoms in total. The van der Waals surface area contributed by atoms with Gasteiger partial charge in [-0.3, -0.25) is 19.2 Å². The van der Waals surface area contributed by atoms with E-state index in [0.717, 1.165) is 5.56 Å². The molecule has 0 unspecified atom stereocenters. The van der Waals surface area contributed by atoms with Gasteiger partial charge in [0.05, 0.1) is 35.8 Å². The highest BCUT2D eigenvalue weighted by Gasteiger charge is 2.75. The molecule has 0 aliphatic carbocycles. The summed E-state index contributed by atoms with van der Waals surface area (Å²) in [6.45, 7) is 7.32. The SMILES string of the molecule is Cc1cccc(Cl)c1N1C/C=C\CCC(=O)NC[C@H](C)OC(=O)[C@H]2[C@@H]3O[C@@]4(C=C3Br)[C@@H]2C(=O)N([C@@H](CO)CC(C)C)[C@@H]4C1=O. The maximum absolute atomic E-state index is 15.0. The van der Waals surface area contributed by atoms with E-state index in [4.69, 9.17) is 21.1 Å². The van der Waals surface area contributed by atoms with E-state index in [1.54, 1.807) is 31.2 Å². The number of esters is 1. The van der Waals surface area contributed by atoms with Crippen LogP contribution in [0.5, 0.6) is 0 Å². The first-order valence-corrected chi connectivity index (χ1v) is 16.3. The smallest absolute Gasteiger partial charge is 0.313 e. The van der Waals surface area contributed by atoms with Crippen LogP contribution < -0.4 is 10.2 Å². The van der Waals surface area contributed by atoms with Crippen molar-refractivity contribution in [3.8, 4) is 0 Å². The summed E-state index contributed by atoms with van der Waals surface area (Å²) in [6.07, 6.45) is 4.94. The Kier molecular flexibility index (Phi) is 9.61. The van der Waals surface area contributed by atoms with E-state index in [1.807, 2.05) is 32.9 Å². The largest absolute Gasteiger partial charge is 0.460 e. The van der Waals surface area contributed by atoms with Crippen molar-refractivity contribution in [3.63, 3.8) is 0 Å². The van der Waals surface area contributed by atoms with Gasteiger partial charge in [0.25, 0.3) is 5.91 Å². The van der Waals surface area contributed by atoms with Gasteiger partial charge in [0.1, 0.15) is 29.8 Å². The van der Waals surface area contributed by atoms with Gasteiger partial charge in [0.2, 0.25) is 11.8 Å². The number of hydrogen-bond donors (Lipinski definition) is 2. The Morgan fingerprint density at radius 1 is 1.18 bits per heavy atom. The molecule has 4 heterocycles. The second-order valence-corrected chi connectivity index (χ2v) is 13.8. The molecule has 1 aromatic rings. The number of anilines is 1. The molecule has 1 spiro atoms. The minimum absolute atomic E-state index is 0.0976. The minimum atomic E-state index is -1.49. The highest BCUT2D eigenvalue weighted by molar-refractivity contribution is 9.11. The Morgan fingerprint density at radius 2 is 1.93 bits per heavy atom. The zero-order valence-electron chi connectivity index (χ0n) is 25.3. The van der Waals surface area contributed by atoms with E-state index in [2.05, 4.69) is 21.2 Å². The number of para-hydroxylation sites is 1. The molecule has 0 radical (unpaired) electrons. The lowest BCUT2D eigenvalue weighted by atomic mass is 9.74. The van der Waals surface area contributed by atoms with Crippen molar-refractivity contribution in [2.75, 3.05) is 24.6 Å². The van der Waals surface area contributed by atoms with Gasteiger partial charge in [-0.25, -0.2) is 0 Å². The number of cyclic esters (lactones) is 1. The molecule has 5 rings (SSSR count). The number of ether oxygens (including phenoxy) is 2. The number of amides is 3. The first-order chi connectivity index (χ1) is 20.9. The molecular formula is C32H39BrClN3O7. The second kappa shape index (κ2) is 12.9. The van der Waals surface area contributed by atoms with Crippen LogP contribution in [0.2, 0.25) is 5.02 Å². The monoisotopic (exact) mass is 691 g/mol. The van der Waals surface area contributed by atoms with E-state index in [1.165, 1.54) is 9.80 Å². The number of halogens is 2. The number of fused-ring (bicyclic) bond motifs is 2. The third kappa shape index (κ3) is 5.72. The number of carbonyl (C=O) groups is 4. The standard InChI is InChI=1S/C32H39BrClN3O7/c1-17(2)13-20(16-38)37-28-30(41)36(26-18(3)9-8-10-22(26)34)12-7-5-6-11-23(39)35-15-19(4)43-31(42)24-25(29(37)40)32(28)14-21(33)27(24)44-32/h5,7-10,14,17,19-20,24-25,27-28,38H,6,11-13,15-16H2,1-4H3,(H,35,39)/b7-5-/t19-,20+,24+,25-,27+,28+,32-/m0/s1. The molecule has 4 aliphatic rings. The quantitative estimate of drug-likeness (QED) is 0.357. The van der Waals surface area contributed by atoms with E-state index >= 15 is 4.79 Å². The summed E-state index contributed by atoms with van der Waals surface area (Å²) in [5, 5.41) is 13.7. The fourth-order valence-electron chi connectivity index (χ4n) is 7.00. The van der Waals surface area contributed by atoms with Crippen molar-refractivity contribution in [2.45, 2.75) is 76.9 Å². The van der Waals surface area contributed by atoms with Gasteiger partial charge in [-0.2, -0.15) is 0 Å². The molecule has 4 aliphatic heterocycles. The summed E-state index contributed by atoms with van der Waals surface area (Å²) in [4.78, 5) is 58.7. The Bertz CT molecular complexity index is 1380. The molecule has 5 bridgehead atoms. The highest BCUT2D eigenvalue weighted by atomic mass is 79.9. The van der Waals surface area contributed by atoms with Gasteiger partial charge < -0.3 is 29.7 Å². The first kappa shape index (κ1) is 32.7. The van der Waals surface area contributed by atoms with Crippen molar-refractivity contribution in [3.05, 3.63) is 51.5 Å². The van der Waals surface area contributed by atoms with Crippen LogP contribution in [-0.2, 0) is 28.7 Å². The van der Waals surface area contributed by atoms with Gasteiger partial charge in [0.15, 0.2) is 0 Å². The lowest BCUT2D eigenvalue weighted by Crippen LogP contribution is -2.59. The van der Waals surface area contributed by atoms with E-state index in [9.17, 15) is 19.5 Å². The summed E-state index contributed by atoms with van der Waals surface area (Å²) in [5.74, 6) is -3.74. The average molecular weight is 693 g/mol. The van der Waals surface area contributed by atoms with Crippen LogP contribution >= 0.6 is 27.5 Å². The number of carbonyl (C=O) groups excluding carboxylic acids is 4. The molecule has 238 valence electrons. The predicted octanol–water partition coefficient (Wildman–Crippen LogP) is 3.66. The van der Waals surface area contributed by atoms with Gasteiger partial charge >= 0.3 is 5.97 Å². The number of nitrogens with one attached hydrogen (secondary N) is 1. The van der Waals surface area contributed by atoms with Crippen LogP contribution in [0.4, 0.5) is 5.69 Å². The maximum atomic E-state index is 15.0. The number of rotatable bonds is 5. The molecular weight excluding hydrogens is 654 g/mol. The average Bonchev–Trinajstić information content (AvgIpc) is 3.55. The summed E-state index contributed by atoms with van der Waals surface area (Å²) >= 11 is 10.3. The van der Waals surface area contributed by atoms with Crippen molar-refractivity contribution in [1.29, 1.82) is 0 Å². The zero-order valence-corrected chi connectivity index (χ0v) is 27.6. The molecule has 2 fully saturated rings. The fourth-order valence-corrected chi connectivity index (χ4v) is 8.06. The zero-order chi connectivity index (χ0) is 31.9. The lowest BCUT2D eigenvalue weighted by Gasteiger charge is -2.39. The fraction of sp³-hybridized carbons (Fsp3) is 0.562. The molecule has 3 amide bonds. The highest BCUT2D eigenvalue weighted by Crippen LogP contribution is 2.59. The predicted molar refractivity (Wildman–Crippen MR) is 168 cm³/mol. The molecule has 0 aromatic heterocycles. The number of allylic oxidation sites excluding steroid dienone is 1. The Morgan fingerprint density at radius 3 is 2.61 bits per heavy atom. The van der Waals surface area contributed by atoms with Crippen molar-refractivity contribution < 1.29 is 33.8 Å². The molecule has 44 heavy (non-hydrogen) atoms. The summed E-state index contributed by atoms with van der Waals surface area (Å²) in [7, 11) is 0. The minimum Gasteiger partial charge on any atom is -0.460 e. The molecule has 2 saturated heterocycles. The van der Waals surface area contributed by atoms with Gasteiger partial charge in [-0.15, -0.1) is 0 Å². The van der Waals surface area contributed by atoms with E-state index in [-0.39, 0.29) is 37.9 Å². The first-order valence-electron chi connectivity index (χ1n) is 15.1. The number of nitrogens with zero attached hydrogens (tertiary/aromatic N) is 2. The number of aliphatic hydroxyl groups excluding tert-OH is 1. The lowest BCUT2D eigenvalue weighted by molar-refractivity contribution is -0.159. The van der Waals surface area contributed by atoms with Gasteiger partial charge in [0, 0.05) is 17.4 Å². The maximum Gasteiger partial charge on any atom is 0.313 e.